The Balaban J connectivity index is 1.83. The summed E-state index contributed by atoms with van der Waals surface area (Å²) in [5.41, 5.74) is 1.51. The molecule has 3 aromatic rings. The summed E-state index contributed by atoms with van der Waals surface area (Å²) in [6.07, 6.45) is 0. The Kier molecular flexibility index (Phi) is 4.13. The zero-order valence-corrected chi connectivity index (χ0v) is 13.8. The van der Waals surface area contributed by atoms with Gasteiger partial charge in [-0.1, -0.05) is 42.1 Å². The maximum atomic E-state index is 12.2. The Morgan fingerprint density at radius 2 is 2.00 bits per heavy atom. The average Bonchev–Trinajstić information content (AvgIpc) is 2.81. The predicted octanol–water partition coefficient (Wildman–Crippen LogP) is 3.58. The van der Waals surface area contributed by atoms with Gasteiger partial charge < -0.3 is 4.98 Å². The Hall–Kier alpha value is -1.92. The number of thiophene rings is 1. The minimum Gasteiger partial charge on any atom is -0.301 e. The molecule has 0 aliphatic carbocycles. The molecule has 1 N–H and O–H groups in total. The number of nitrogens with zero attached hydrogens (tertiary/aromatic N) is 1. The second-order valence-corrected chi connectivity index (χ2v) is 7.08. The third-order valence-corrected chi connectivity index (χ3v) is 5.43. The summed E-state index contributed by atoms with van der Waals surface area (Å²) < 4.78 is 0. The lowest BCUT2D eigenvalue weighted by atomic mass is 10.2. The fourth-order valence-electron chi connectivity index (χ4n) is 2.14. The second kappa shape index (κ2) is 6.06. The number of hydrogen-bond acceptors (Lipinski definition) is 5. The topological polar surface area (TPSA) is 62.8 Å². The van der Waals surface area contributed by atoms with E-state index in [0.717, 1.165) is 15.3 Å². The van der Waals surface area contributed by atoms with E-state index in [-0.39, 0.29) is 17.1 Å². The number of aryl methyl sites for hydroxylation is 2. The SMILES string of the molecule is Cc1sc2nc(SCC(=O)c3ccccc3)[nH]c(=O)c2c1C. The smallest absolute Gasteiger partial charge is 0.260 e. The lowest BCUT2D eigenvalue weighted by Crippen LogP contribution is -2.10. The van der Waals surface area contributed by atoms with Crippen molar-refractivity contribution < 1.29 is 4.79 Å². The Morgan fingerprint density at radius 3 is 2.73 bits per heavy atom. The molecule has 2 heterocycles. The van der Waals surface area contributed by atoms with Crippen LogP contribution in [0.25, 0.3) is 10.2 Å². The van der Waals surface area contributed by atoms with Gasteiger partial charge in [-0.25, -0.2) is 4.98 Å². The molecule has 0 amide bonds. The minimum absolute atomic E-state index is 0.0203. The minimum atomic E-state index is -0.137. The molecular formula is C16H14N2O2S2. The van der Waals surface area contributed by atoms with Crippen molar-refractivity contribution in [1.29, 1.82) is 0 Å². The first kappa shape index (κ1) is 15.0. The number of H-pyrrole nitrogens is 1. The monoisotopic (exact) mass is 330 g/mol. The van der Waals surface area contributed by atoms with E-state index >= 15 is 0 Å². The largest absolute Gasteiger partial charge is 0.301 e. The van der Waals surface area contributed by atoms with Crippen molar-refractivity contribution in [3.8, 4) is 0 Å². The summed E-state index contributed by atoms with van der Waals surface area (Å²) in [5, 5.41) is 1.14. The quantitative estimate of drug-likeness (QED) is 0.451. The number of ketones is 1. The highest BCUT2D eigenvalue weighted by atomic mass is 32.2. The van der Waals surface area contributed by atoms with Crippen LogP contribution in [-0.4, -0.2) is 21.5 Å². The van der Waals surface area contributed by atoms with Crippen LogP contribution in [0.5, 0.6) is 0 Å². The Bertz CT molecular complexity index is 898. The maximum absolute atomic E-state index is 12.2. The summed E-state index contributed by atoms with van der Waals surface area (Å²) in [7, 11) is 0. The van der Waals surface area contributed by atoms with E-state index in [1.165, 1.54) is 23.1 Å². The number of thioether (sulfide) groups is 1. The van der Waals surface area contributed by atoms with Gasteiger partial charge in [-0.05, 0) is 19.4 Å². The van der Waals surface area contributed by atoms with Gasteiger partial charge in [-0.3, -0.25) is 9.59 Å². The van der Waals surface area contributed by atoms with Gasteiger partial charge in [0.2, 0.25) is 0 Å². The first-order chi connectivity index (χ1) is 10.6. The molecule has 4 nitrogen and oxygen atoms in total. The van der Waals surface area contributed by atoms with E-state index in [0.29, 0.717) is 16.1 Å². The summed E-state index contributed by atoms with van der Waals surface area (Å²) >= 11 is 2.77. The zero-order chi connectivity index (χ0) is 15.7. The molecule has 0 saturated heterocycles. The number of Topliss-reactive ketones (excluding diaryl/α,β-unsaturated/α-hetero) is 1. The van der Waals surface area contributed by atoms with Crippen LogP contribution in [0.2, 0.25) is 0 Å². The number of carbonyl (C=O) groups excluding carboxylic acids is 1. The van der Waals surface area contributed by atoms with E-state index in [1.807, 2.05) is 32.0 Å². The van der Waals surface area contributed by atoms with Crippen molar-refractivity contribution in [3.63, 3.8) is 0 Å². The number of carbonyl (C=O) groups is 1. The molecule has 0 saturated carbocycles. The summed E-state index contributed by atoms with van der Waals surface area (Å²) in [6, 6.07) is 9.11. The lowest BCUT2D eigenvalue weighted by molar-refractivity contribution is 0.102. The van der Waals surface area contributed by atoms with Crippen LogP contribution < -0.4 is 5.56 Å². The Labute approximate surface area is 135 Å². The summed E-state index contributed by atoms with van der Waals surface area (Å²) in [6.45, 7) is 3.91. The molecule has 0 aliphatic rings. The van der Waals surface area contributed by atoms with Gasteiger partial charge in [0.05, 0.1) is 11.1 Å². The van der Waals surface area contributed by atoms with E-state index in [2.05, 4.69) is 9.97 Å². The van der Waals surface area contributed by atoms with Crippen molar-refractivity contribution in [2.45, 2.75) is 19.0 Å². The highest BCUT2D eigenvalue weighted by Crippen LogP contribution is 2.27. The molecule has 0 unspecified atom stereocenters. The number of benzene rings is 1. The molecule has 0 atom stereocenters. The van der Waals surface area contributed by atoms with Crippen molar-refractivity contribution in [1.82, 2.24) is 9.97 Å². The first-order valence-corrected chi connectivity index (χ1v) is 8.57. The molecule has 3 rings (SSSR count). The fourth-order valence-corrected chi connectivity index (χ4v) is 3.99. The number of rotatable bonds is 4. The number of fused-ring (bicyclic) bond motifs is 1. The van der Waals surface area contributed by atoms with Crippen LogP contribution in [0, 0.1) is 13.8 Å². The third kappa shape index (κ3) is 2.84. The van der Waals surface area contributed by atoms with Crippen LogP contribution in [0.4, 0.5) is 0 Å². The standard InChI is InChI=1S/C16H14N2O2S2/c1-9-10(2)22-15-13(9)14(20)17-16(18-15)21-8-12(19)11-6-4-3-5-7-11/h3-7H,8H2,1-2H3,(H,17,18,20). The lowest BCUT2D eigenvalue weighted by Gasteiger charge is -2.01. The third-order valence-electron chi connectivity index (χ3n) is 3.45. The van der Waals surface area contributed by atoms with Gasteiger partial charge >= 0.3 is 0 Å². The van der Waals surface area contributed by atoms with E-state index in [9.17, 15) is 9.59 Å². The van der Waals surface area contributed by atoms with E-state index < -0.39 is 0 Å². The molecule has 1 aromatic carbocycles. The molecule has 0 bridgehead atoms. The first-order valence-electron chi connectivity index (χ1n) is 6.77. The molecule has 0 aliphatic heterocycles. The number of nitrogens with one attached hydrogen (secondary N) is 1. The fraction of sp³-hybridized carbons (Fsp3) is 0.188. The molecule has 2 aromatic heterocycles. The summed E-state index contributed by atoms with van der Waals surface area (Å²) in [5.74, 6) is 0.272. The second-order valence-electron chi connectivity index (χ2n) is 4.91. The van der Waals surface area contributed by atoms with Crippen molar-refractivity contribution in [2.75, 3.05) is 5.75 Å². The normalized spacial score (nSPS) is 11.0. The van der Waals surface area contributed by atoms with Gasteiger partial charge in [0.15, 0.2) is 10.9 Å². The van der Waals surface area contributed by atoms with Crippen LogP contribution in [-0.2, 0) is 0 Å². The zero-order valence-electron chi connectivity index (χ0n) is 12.2. The van der Waals surface area contributed by atoms with Crippen molar-refractivity contribution in [3.05, 3.63) is 56.7 Å². The highest BCUT2D eigenvalue weighted by Gasteiger charge is 2.13. The number of hydrogen-bond donors (Lipinski definition) is 1. The number of aromatic nitrogens is 2. The summed E-state index contributed by atoms with van der Waals surface area (Å²) in [4.78, 5) is 33.3. The molecular weight excluding hydrogens is 316 g/mol. The van der Waals surface area contributed by atoms with Crippen LogP contribution in [0.3, 0.4) is 0 Å². The highest BCUT2D eigenvalue weighted by molar-refractivity contribution is 7.99. The molecule has 22 heavy (non-hydrogen) atoms. The van der Waals surface area contributed by atoms with Crippen molar-refractivity contribution >= 4 is 39.1 Å². The van der Waals surface area contributed by atoms with Crippen LogP contribution in [0.1, 0.15) is 20.8 Å². The van der Waals surface area contributed by atoms with Gasteiger partial charge in [0.25, 0.3) is 5.56 Å². The Morgan fingerprint density at radius 1 is 1.27 bits per heavy atom. The average molecular weight is 330 g/mol. The maximum Gasteiger partial charge on any atom is 0.260 e. The molecule has 6 heteroatoms. The van der Waals surface area contributed by atoms with E-state index in [4.69, 9.17) is 0 Å². The predicted molar refractivity (Wildman–Crippen MR) is 91.2 cm³/mol. The van der Waals surface area contributed by atoms with Gasteiger partial charge in [0, 0.05) is 10.4 Å². The van der Waals surface area contributed by atoms with E-state index in [1.54, 1.807) is 12.1 Å². The number of aromatic amines is 1. The van der Waals surface area contributed by atoms with Gasteiger partial charge in [-0.2, -0.15) is 0 Å². The van der Waals surface area contributed by atoms with Crippen molar-refractivity contribution in [2.24, 2.45) is 0 Å². The molecule has 0 spiro atoms. The molecule has 0 radical (unpaired) electrons. The molecule has 112 valence electrons. The van der Waals surface area contributed by atoms with Gasteiger partial charge in [-0.15, -0.1) is 11.3 Å². The van der Waals surface area contributed by atoms with Crippen LogP contribution >= 0.6 is 23.1 Å². The van der Waals surface area contributed by atoms with Crippen LogP contribution in [0.15, 0.2) is 40.3 Å². The molecule has 0 fully saturated rings. The van der Waals surface area contributed by atoms with Gasteiger partial charge in [0.1, 0.15) is 4.83 Å².